The molecule has 0 aromatic heterocycles. The van der Waals surface area contributed by atoms with Crippen LogP contribution in [0.3, 0.4) is 0 Å². The van der Waals surface area contributed by atoms with Crippen LogP contribution in [0.1, 0.15) is 200 Å². The summed E-state index contributed by atoms with van der Waals surface area (Å²) in [4.78, 5) is 0.0346. The topological polar surface area (TPSA) is 54.4 Å². The highest BCUT2D eigenvalue weighted by molar-refractivity contribution is 7.85. The zero-order valence-corrected chi connectivity index (χ0v) is 31.2. The van der Waals surface area contributed by atoms with Crippen molar-refractivity contribution in [1.82, 2.24) is 0 Å². The van der Waals surface area contributed by atoms with Crippen LogP contribution in [0.5, 0.6) is 0 Å². The van der Waals surface area contributed by atoms with Crippen LogP contribution >= 0.6 is 0 Å². The number of benzene rings is 1. The Labute approximate surface area is 281 Å². The second kappa shape index (κ2) is 28.1. The normalized spacial score (nSPS) is 12.3. The Kier molecular flexibility index (Phi) is 26.3. The Morgan fingerprint density at radius 2 is 0.800 bits per heavy atom. The van der Waals surface area contributed by atoms with Crippen molar-refractivity contribution < 1.29 is 17.5 Å². The Hall–Kier alpha value is -0.910. The van der Waals surface area contributed by atoms with E-state index in [4.69, 9.17) is 0 Å². The summed E-state index contributed by atoms with van der Waals surface area (Å²) < 4.78 is 34.8. The molecule has 0 spiro atoms. The monoisotopic (exact) mass is 651 g/mol. The predicted octanol–water partition coefficient (Wildman–Crippen LogP) is 12.8. The van der Waals surface area contributed by atoms with Crippen LogP contribution in [-0.4, -0.2) is 37.1 Å². The van der Waals surface area contributed by atoms with Crippen LogP contribution in [-0.2, 0) is 16.7 Å². The summed E-state index contributed by atoms with van der Waals surface area (Å²) in [5.74, 6) is 0. The first kappa shape index (κ1) is 42.1. The Morgan fingerprint density at radius 3 is 1.11 bits per heavy atom. The second-order valence-corrected chi connectivity index (χ2v) is 15.7. The van der Waals surface area contributed by atoms with Crippen molar-refractivity contribution >= 4 is 10.1 Å². The number of hydrogen-bond donors (Lipinski definition) is 1. The summed E-state index contributed by atoms with van der Waals surface area (Å²) in [6, 6.07) is 7.13. The van der Waals surface area contributed by atoms with E-state index in [-0.39, 0.29) is 4.90 Å². The minimum absolute atomic E-state index is 0.0346. The fourth-order valence-electron chi connectivity index (χ4n) is 7.04. The third kappa shape index (κ3) is 23.1. The van der Waals surface area contributed by atoms with E-state index in [2.05, 4.69) is 26.8 Å². The number of unbranched alkanes of at least 4 members (excludes halogenated alkanes) is 24. The molecule has 0 saturated heterocycles. The minimum atomic E-state index is -4.20. The van der Waals surface area contributed by atoms with Gasteiger partial charge in [-0.3, -0.25) is 4.55 Å². The van der Waals surface area contributed by atoms with Crippen LogP contribution < -0.4 is 0 Å². The predicted molar refractivity (Wildman–Crippen MR) is 197 cm³/mol. The summed E-state index contributed by atoms with van der Waals surface area (Å²) in [7, 11) is -4.20. The van der Waals surface area contributed by atoms with E-state index in [1.807, 2.05) is 6.07 Å². The fraction of sp³-hybridized carbons (Fsp3) is 0.850. The van der Waals surface area contributed by atoms with Gasteiger partial charge in [-0.15, -0.1) is 0 Å². The quantitative estimate of drug-likeness (QED) is 0.0468. The summed E-state index contributed by atoms with van der Waals surface area (Å²) in [6.45, 7) is 11.3. The molecule has 0 heterocycles. The average Bonchev–Trinajstić information content (AvgIpc) is 3.02. The lowest BCUT2D eigenvalue weighted by atomic mass is 10.0. The highest BCUT2D eigenvalue weighted by Crippen LogP contribution is 2.24. The van der Waals surface area contributed by atoms with Gasteiger partial charge in [0.05, 0.1) is 24.5 Å². The average molecular weight is 651 g/mol. The summed E-state index contributed by atoms with van der Waals surface area (Å²) in [6.07, 6.45) is 36.2. The minimum Gasteiger partial charge on any atom is -0.320 e. The van der Waals surface area contributed by atoms with E-state index in [1.165, 1.54) is 199 Å². The lowest BCUT2D eigenvalue weighted by Gasteiger charge is -2.39. The van der Waals surface area contributed by atoms with E-state index in [0.717, 1.165) is 16.6 Å². The van der Waals surface area contributed by atoms with E-state index in [0.29, 0.717) is 0 Å². The van der Waals surface area contributed by atoms with E-state index >= 15 is 0 Å². The van der Waals surface area contributed by atoms with Gasteiger partial charge in [0, 0.05) is 5.56 Å². The van der Waals surface area contributed by atoms with Crippen molar-refractivity contribution in [1.29, 1.82) is 0 Å². The van der Waals surface area contributed by atoms with Crippen molar-refractivity contribution in [3.63, 3.8) is 0 Å². The zero-order chi connectivity index (χ0) is 32.9. The van der Waals surface area contributed by atoms with Gasteiger partial charge in [-0.25, -0.2) is 0 Å². The molecular formula is C40H76NO3S+. The number of hydrogen-bond acceptors (Lipinski definition) is 2. The zero-order valence-electron chi connectivity index (χ0n) is 30.3. The molecule has 0 unspecified atom stereocenters. The van der Waals surface area contributed by atoms with Crippen molar-refractivity contribution in [3.05, 3.63) is 29.8 Å². The molecule has 0 radical (unpaired) electrons. The van der Waals surface area contributed by atoms with Crippen molar-refractivity contribution in [2.75, 3.05) is 19.6 Å². The molecular weight excluding hydrogens is 575 g/mol. The highest BCUT2D eigenvalue weighted by atomic mass is 32.2. The first-order chi connectivity index (χ1) is 21.9. The maximum absolute atomic E-state index is 12.0. The number of quaternary nitrogens is 1. The summed E-state index contributed by atoms with van der Waals surface area (Å²) >= 11 is 0. The molecule has 0 fully saturated rings. The van der Waals surface area contributed by atoms with Crippen LogP contribution in [0.15, 0.2) is 29.2 Å². The van der Waals surface area contributed by atoms with Gasteiger partial charge in [0.15, 0.2) is 0 Å². The molecule has 0 aliphatic carbocycles. The molecule has 1 aromatic rings. The number of nitrogens with zero attached hydrogens (tertiary/aromatic N) is 1. The van der Waals surface area contributed by atoms with E-state index in [1.54, 1.807) is 6.07 Å². The highest BCUT2D eigenvalue weighted by Gasteiger charge is 2.27. The first-order valence-corrected chi connectivity index (χ1v) is 21.2. The molecule has 0 bridgehead atoms. The van der Waals surface area contributed by atoms with E-state index < -0.39 is 10.1 Å². The van der Waals surface area contributed by atoms with Gasteiger partial charge in [0.2, 0.25) is 0 Å². The van der Waals surface area contributed by atoms with Crippen LogP contribution in [0.2, 0.25) is 0 Å². The van der Waals surface area contributed by atoms with Gasteiger partial charge in [0.1, 0.15) is 6.54 Å². The van der Waals surface area contributed by atoms with Crippen molar-refractivity contribution in [3.8, 4) is 0 Å². The summed E-state index contributed by atoms with van der Waals surface area (Å²) in [5.41, 5.74) is 1.05. The number of rotatable bonds is 33. The molecule has 264 valence electrons. The van der Waals surface area contributed by atoms with Crippen LogP contribution in [0.25, 0.3) is 0 Å². The Balaban J connectivity index is 2.85. The van der Waals surface area contributed by atoms with Gasteiger partial charge >= 0.3 is 0 Å². The fourth-order valence-corrected chi connectivity index (χ4v) is 7.59. The Morgan fingerprint density at radius 1 is 0.489 bits per heavy atom. The molecule has 1 N–H and O–H groups in total. The first-order valence-electron chi connectivity index (χ1n) is 19.8. The molecule has 0 atom stereocenters. The van der Waals surface area contributed by atoms with Gasteiger partial charge in [-0.05, 0) is 50.7 Å². The van der Waals surface area contributed by atoms with E-state index in [9.17, 15) is 13.0 Å². The third-order valence-corrected chi connectivity index (χ3v) is 10.8. The van der Waals surface area contributed by atoms with Crippen molar-refractivity contribution in [2.45, 2.75) is 206 Å². The molecule has 5 heteroatoms. The Bertz CT molecular complexity index is 845. The van der Waals surface area contributed by atoms with Crippen LogP contribution in [0, 0.1) is 0 Å². The van der Waals surface area contributed by atoms with Gasteiger partial charge in [0.25, 0.3) is 10.1 Å². The molecule has 0 saturated carbocycles. The lowest BCUT2D eigenvalue weighted by Crippen LogP contribution is -2.49. The molecule has 1 aromatic carbocycles. The maximum Gasteiger partial charge on any atom is 0.294 e. The molecule has 0 amide bonds. The second-order valence-electron chi connectivity index (χ2n) is 14.3. The molecule has 1 rings (SSSR count). The lowest BCUT2D eigenvalue weighted by molar-refractivity contribution is -0.941. The third-order valence-electron chi connectivity index (χ3n) is 9.92. The van der Waals surface area contributed by atoms with Crippen molar-refractivity contribution in [2.24, 2.45) is 0 Å². The van der Waals surface area contributed by atoms with Gasteiger partial charge < -0.3 is 4.48 Å². The standard InChI is InChI=1S/C40H75NO3S/c1-4-7-10-13-16-19-22-25-28-34-41(35-29-26-23-20-17-14-11-8-5-2,36-30-27-24-21-18-15-12-9-6-3)38-39-32-31-33-40(37-39)45(42,43)44/h31-33,37H,4-30,34-36,38H2,1-3H3/p+1. The molecule has 45 heavy (non-hydrogen) atoms. The largest absolute Gasteiger partial charge is 0.320 e. The maximum atomic E-state index is 12.0. The summed E-state index contributed by atoms with van der Waals surface area (Å²) in [5, 5.41) is 0. The smallest absolute Gasteiger partial charge is 0.294 e. The van der Waals surface area contributed by atoms with Gasteiger partial charge in [-0.2, -0.15) is 8.42 Å². The molecule has 0 aliphatic rings. The SMILES string of the molecule is CCCCCCCCCCC[N+](CCCCCCCCCCC)(CCCCCCCCCCC)Cc1cccc(S(=O)(=O)O)c1. The molecule has 4 nitrogen and oxygen atoms in total. The van der Waals surface area contributed by atoms with Crippen LogP contribution in [0.4, 0.5) is 0 Å². The molecule has 0 aliphatic heterocycles. The van der Waals surface area contributed by atoms with Gasteiger partial charge in [-0.1, -0.05) is 168 Å².